The second-order valence-corrected chi connectivity index (χ2v) is 6.33. The molecule has 0 heterocycles. The number of rotatable bonds is 6. The van der Waals surface area contributed by atoms with Crippen molar-refractivity contribution >= 4 is 34.7 Å². The van der Waals surface area contributed by atoms with E-state index in [2.05, 4.69) is 22.8 Å². The topological polar surface area (TPSA) is 108 Å². The zero-order valence-electron chi connectivity index (χ0n) is 17.1. The molecule has 0 radical (unpaired) electrons. The molecule has 0 atom stereocenters. The van der Waals surface area contributed by atoms with E-state index >= 15 is 0 Å². The fourth-order valence-electron chi connectivity index (χ4n) is 2.65. The predicted octanol–water partition coefficient (Wildman–Crippen LogP) is 4.37. The Balaban J connectivity index is 0.000000227. The van der Waals surface area contributed by atoms with E-state index < -0.39 is 11.9 Å². The van der Waals surface area contributed by atoms with Gasteiger partial charge in [-0.15, -0.1) is 11.4 Å². The Bertz CT molecular complexity index is 1090. The van der Waals surface area contributed by atoms with Crippen LogP contribution < -0.4 is 10.2 Å². The first-order valence-corrected chi connectivity index (χ1v) is 9.52. The summed E-state index contributed by atoms with van der Waals surface area (Å²) in [4.78, 5) is 21.7. The minimum Gasteiger partial charge on any atom is -0.679 e. The van der Waals surface area contributed by atoms with Crippen LogP contribution in [0.2, 0.25) is 0 Å². The predicted molar refractivity (Wildman–Crippen MR) is 117 cm³/mol. The third-order valence-corrected chi connectivity index (χ3v) is 4.12. The van der Waals surface area contributed by atoms with E-state index in [1.165, 1.54) is 12.1 Å². The number of carboxylic acids is 2. The molecule has 33 heavy (non-hydrogen) atoms. The molecule has 0 spiro atoms. The molecule has 0 aromatic heterocycles. The van der Waals surface area contributed by atoms with Gasteiger partial charge in [0.05, 0.1) is 11.9 Å². The van der Waals surface area contributed by atoms with Crippen molar-refractivity contribution in [1.82, 2.24) is 0 Å². The second kappa shape index (κ2) is 12.7. The molecule has 0 aliphatic heterocycles. The van der Waals surface area contributed by atoms with Crippen molar-refractivity contribution in [1.29, 1.82) is 0 Å². The normalized spacial score (nSPS) is 9.45. The maximum absolute atomic E-state index is 10.8. The number of carbonyl (C=O) groups excluding carboxylic acids is 2. The van der Waals surface area contributed by atoms with Gasteiger partial charge in [0.25, 0.3) is 0 Å². The number of benzene rings is 4. The summed E-state index contributed by atoms with van der Waals surface area (Å²) in [6, 6.07) is 33.0. The van der Waals surface area contributed by atoms with Crippen molar-refractivity contribution in [3.05, 3.63) is 131 Å². The van der Waals surface area contributed by atoms with Gasteiger partial charge in [0.1, 0.15) is 0 Å². The van der Waals surface area contributed by atoms with E-state index in [1.807, 2.05) is 24.3 Å². The first-order chi connectivity index (χ1) is 15.5. The van der Waals surface area contributed by atoms with Gasteiger partial charge in [0, 0.05) is 0 Å². The summed E-state index contributed by atoms with van der Waals surface area (Å²) < 4.78 is 0. The van der Waals surface area contributed by atoms with Gasteiger partial charge >= 0.3 is 16.5 Å². The molecule has 4 rings (SSSR count). The van der Waals surface area contributed by atoms with Crippen LogP contribution in [0.15, 0.2) is 97.1 Å². The van der Waals surface area contributed by atoms with Crippen molar-refractivity contribution in [2.24, 2.45) is 0 Å². The van der Waals surface area contributed by atoms with Gasteiger partial charge < -0.3 is 30.4 Å². The molecule has 7 heteroatoms. The minimum absolute atomic E-state index is 0. The summed E-state index contributed by atoms with van der Waals surface area (Å²) >= 11 is 0. The van der Waals surface area contributed by atoms with E-state index in [-0.39, 0.29) is 27.6 Å². The molecule has 0 bridgehead atoms. The molecular weight excluding hydrogens is 463 g/mol. The number of carboxylic acid groups (broad SMARTS) is 2. The summed E-state index contributed by atoms with van der Waals surface area (Å²) in [6.45, 7) is 0. The quantitative estimate of drug-likeness (QED) is 0.302. The van der Waals surface area contributed by atoms with E-state index in [0.717, 1.165) is 0 Å². The number of nitrogens with zero attached hydrogens (tertiary/aromatic N) is 2. The van der Waals surface area contributed by atoms with Crippen LogP contribution in [0.25, 0.3) is 10.6 Å². The summed E-state index contributed by atoms with van der Waals surface area (Å²) in [7, 11) is 0. The van der Waals surface area contributed by atoms with Crippen molar-refractivity contribution < 1.29 is 36.3 Å². The van der Waals surface area contributed by atoms with Gasteiger partial charge in [-0.05, 0) is 11.1 Å². The average Bonchev–Trinajstić information content (AvgIpc) is 2.81. The zero-order valence-corrected chi connectivity index (χ0v) is 18.1. The second-order valence-electron chi connectivity index (χ2n) is 6.33. The van der Waals surface area contributed by atoms with E-state index in [4.69, 9.17) is 0 Å². The fourth-order valence-corrected chi connectivity index (χ4v) is 2.65. The van der Waals surface area contributed by atoms with Crippen LogP contribution in [-0.4, -0.2) is 11.9 Å². The molecule has 4 aromatic carbocycles. The van der Waals surface area contributed by atoms with Crippen LogP contribution in [0, 0.1) is 12.1 Å². The molecule has 0 fully saturated rings. The monoisotopic (exact) mass is 478 g/mol. The Hall–Kier alpha value is -4.09. The van der Waals surface area contributed by atoms with Gasteiger partial charge in [0.15, 0.2) is 0 Å². The summed E-state index contributed by atoms with van der Waals surface area (Å²) in [5, 5.41) is 30.0. The molecule has 0 saturated carbocycles. The number of carbonyl (C=O) groups is 2. The smallest absolute Gasteiger partial charge is 0.679 e. The number of aromatic carboxylic acids is 2. The van der Waals surface area contributed by atoms with Gasteiger partial charge in [-0.1, -0.05) is 48.5 Å². The third-order valence-electron chi connectivity index (χ3n) is 4.12. The van der Waals surface area contributed by atoms with Crippen LogP contribution in [0.1, 0.15) is 20.7 Å². The number of para-hydroxylation sites is 4. The Morgan fingerprint density at radius 1 is 0.576 bits per heavy atom. The van der Waals surface area contributed by atoms with Crippen molar-refractivity contribution in [3.8, 4) is 0 Å². The first kappa shape index (κ1) is 25.2. The van der Waals surface area contributed by atoms with Gasteiger partial charge in [-0.3, -0.25) is 11.4 Å². The maximum atomic E-state index is 10.8. The first-order valence-electron chi connectivity index (χ1n) is 9.52. The van der Waals surface area contributed by atoms with Crippen molar-refractivity contribution in [2.75, 3.05) is 0 Å². The third kappa shape index (κ3) is 7.52. The van der Waals surface area contributed by atoms with Gasteiger partial charge in [0.2, 0.25) is 0 Å². The Morgan fingerprint density at radius 2 is 0.939 bits per heavy atom. The molecular formula is C26H16N2NiO4-4. The van der Waals surface area contributed by atoms with Crippen LogP contribution >= 0.6 is 0 Å². The molecule has 6 nitrogen and oxygen atoms in total. The van der Waals surface area contributed by atoms with Crippen LogP contribution in [-0.2, 0) is 16.5 Å². The maximum Gasteiger partial charge on any atom is 2.00 e. The molecule has 0 saturated heterocycles. The molecule has 168 valence electrons. The molecule has 0 amide bonds. The van der Waals surface area contributed by atoms with Crippen LogP contribution in [0.3, 0.4) is 0 Å². The fraction of sp³-hybridized carbons (Fsp3) is 0. The summed E-state index contributed by atoms with van der Waals surface area (Å²) in [6.07, 6.45) is 0. The molecule has 4 aromatic rings. The van der Waals surface area contributed by atoms with Gasteiger partial charge in [-0.25, -0.2) is 0 Å². The largest absolute Gasteiger partial charge is 2.00 e. The van der Waals surface area contributed by atoms with Crippen LogP contribution in [0.4, 0.5) is 22.7 Å². The van der Waals surface area contributed by atoms with E-state index in [1.54, 1.807) is 60.7 Å². The minimum atomic E-state index is -1.23. The summed E-state index contributed by atoms with van der Waals surface area (Å²) in [5.41, 5.74) is 2.11. The van der Waals surface area contributed by atoms with E-state index in [9.17, 15) is 19.8 Å². The Morgan fingerprint density at radius 3 is 1.27 bits per heavy atom. The molecule has 0 aliphatic rings. The van der Waals surface area contributed by atoms with E-state index in [0.29, 0.717) is 22.7 Å². The summed E-state index contributed by atoms with van der Waals surface area (Å²) in [5.74, 6) is -2.45. The molecule has 0 N–H and O–H groups in total. The SMILES string of the molecule is O=C([O-])c1ccccc1[N-]c1[c-]cccc1.O=C([O-])c1ccccc1[N-]c1[c-]cccc1.[Ni+2]. The number of hydrogen-bond donors (Lipinski definition) is 0. The van der Waals surface area contributed by atoms with Crippen molar-refractivity contribution in [2.45, 2.75) is 0 Å². The van der Waals surface area contributed by atoms with Crippen LogP contribution in [0.5, 0.6) is 0 Å². The van der Waals surface area contributed by atoms with Crippen molar-refractivity contribution in [3.63, 3.8) is 0 Å². The molecule has 0 unspecified atom stereocenters. The Kier molecular flexibility index (Phi) is 9.68. The molecule has 0 aliphatic carbocycles. The number of hydrogen-bond acceptors (Lipinski definition) is 4. The van der Waals surface area contributed by atoms with Gasteiger partial charge in [-0.2, -0.15) is 60.7 Å². The average molecular weight is 479 g/mol. The standard InChI is InChI=1S/2C13H9NO2.Ni/c2*15-13(16)11-8-4-5-9-12(11)14-10-6-2-1-3-7-10;/h2*1-6,8-9H,(H,15,16);/q2*-2;+2/p-2. The zero-order chi connectivity index (χ0) is 22.8. The Labute approximate surface area is 201 Å².